The van der Waals surface area contributed by atoms with Crippen LogP contribution in [0, 0.1) is 0 Å². The Kier molecular flexibility index (Phi) is 5.72. The highest BCUT2D eigenvalue weighted by Gasteiger charge is 2.33. The van der Waals surface area contributed by atoms with Gasteiger partial charge < -0.3 is 0 Å². The molecule has 0 radical (unpaired) electrons. The summed E-state index contributed by atoms with van der Waals surface area (Å²) < 4.78 is 0. The molecule has 0 N–H and O–H groups in total. The van der Waals surface area contributed by atoms with Crippen molar-refractivity contribution in [2.75, 3.05) is 33.2 Å². The van der Waals surface area contributed by atoms with E-state index in [0.29, 0.717) is 11.6 Å². The van der Waals surface area contributed by atoms with Gasteiger partial charge >= 0.3 is 0 Å². The number of nitrogens with zero attached hydrogens (tertiary/aromatic N) is 3. The number of hydrogen-bond acceptors (Lipinski definition) is 3. The standard InChI is InChI=1S/C18H37N3/c1-15(2)20-10-12-21(13-11-20)17-9-7-8-16(14-17)19(6)18(3,4)5/h15-17H,7-14H2,1-6H3/t16-,17-/m0/s1. The van der Waals surface area contributed by atoms with Gasteiger partial charge in [0.15, 0.2) is 0 Å². The van der Waals surface area contributed by atoms with Gasteiger partial charge in [0, 0.05) is 49.8 Å². The van der Waals surface area contributed by atoms with E-state index in [1.807, 2.05) is 0 Å². The highest BCUT2D eigenvalue weighted by atomic mass is 15.3. The fraction of sp³-hybridized carbons (Fsp3) is 1.00. The van der Waals surface area contributed by atoms with Crippen LogP contribution in [0.2, 0.25) is 0 Å². The van der Waals surface area contributed by atoms with Crippen molar-refractivity contribution < 1.29 is 0 Å². The largest absolute Gasteiger partial charge is 0.299 e. The molecule has 0 aromatic heterocycles. The van der Waals surface area contributed by atoms with Gasteiger partial charge in [-0.05, 0) is 60.9 Å². The third-order valence-electron chi connectivity index (χ3n) is 5.82. The summed E-state index contributed by atoms with van der Waals surface area (Å²) in [6, 6.07) is 2.30. The van der Waals surface area contributed by atoms with Gasteiger partial charge in [-0.1, -0.05) is 6.42 Å². The summed E-state index contributed by atoms with van der Waals surface area (Å²) in [5.41, 5.74) is 0.295. The highest BCUT2D eigenvalue weighted by Crippen LogP contribution is 2.30. The summed E-state index contributed by atoms with van der Waals surface area (Å²) >= 11 is 0. The van der Waals surface area contributed by atoms with Gasteiger partial charge in [0.2, 0.25) is 0 Å². The van der Waals surface area contributed by atoms with Crippen LogP contribution in [0.25, 0.3) is 0 Å². The molecular weight excluding hydrogens is 258 g/mol. The Morgan fingerprint density at radius 1 is 1.00 bits per heavy atom. The lowest BCUT2D eigenvalue weighted by atomic mass is 9.87. The zero-order chi connectivity index (χ0) is 15.6. The van der Waals surface area contributed by atoms with E-state index in [1.54, 1.807) is 0 Å². The van der Waals surface area contributed by atoms with Gasteiger partial charge in [-0.2, -0.15) is 0 Å². The Balaban J connectivity index is 1.87. The summed E-state index contributed by atoms with van der Waals surface area (Å²) in [6.07, 6.45) is 5.57. The molecule has 0 aromatic rings. The Bertz CT molecular complexity index is 313. The van der Waals surface area contributed by atoms with Crippen LogP contribution in [0.15, 0.2) is 0 Å². The van der Waals surface area contributed by atoms with Crippen LogP contribution in [0.1, 0.15) is 60.3 Å². The number of hydrogen-bond donors (Lipinski definition) is 0. The second kappa shape index (κ2) is 6.97. The van der Waals surface area contributed by atoms with Crippen molar-refractivity contribution in [3.63, 3.8) is 0 Å². The quantitative estimate of drug-likeness (QED) is 0.792. The molecule has 1 aliphatic heterocycles. The molecule has 0 aromatic carbocycles. The van der Waals surface area contributed by atoms with Crippen molar-refractivity contribution in [3.05, 3.63) is 0 Å². The van der Waals surface area contributed by atoms with E-state index < -0.39 is 0 Å². The summed E-state index contributed by atoms with van der Waals surface area (Å²) in [5.74, 6) is 0. The van der Waals surface area contributed by atoms with Crippen molar-refractivity contribution in [2.45, 2.75) is 84.0 Å². The third kappa shape index (κ3) is 4.43. The van der Waals surface area contributed by atoms with E-state index in [-0.39, 0.29) is 0 Å². The van der Waals surface area contributed by atoms with E-state index in [9.17, 15) is 0 Å². The van der Waals surface area contributed by atoms with E-state index in [4.69, 9.17) is 0 Å². The predicted molar refractivity (Wildman–Crippen MR) is 91.8 cm³/mol. The van der Waals surface area contributed by atoms with Crippen molar-refractivity contribution in [1.29, 1.82) is 0 Å². The topological polar surface area (TPSA) is 9.72 Å². The van der Waals surface area contributed by atoms with Gasteiger partial charge in [-0.25, -0.2) is 0 Å². The summed E-state index contributed by atoms with van der Waals surface area (Å²) in [7, 11) is 2.32. The molecule has 3 heteroatoms. The molecule has 0 bridgehead atoms. The minimum Gasteiger partial charge on any atom is -0.299 e. The predicted octanol–water partition coefficient (Wildman–Crippen LogP) is 3.05. The Labute approximate surface area is 132 Å². The van der Waals surface area contributed by atoms with Gasteiger partial charge in [-0.3, -0.25) is 14.7 Å². The maximum absolute atomic E-state index is 2.78. The maximum atomic E-state index is 2.78. The average Bonchev–Trinajstić information content (AvgIpc) is 2.45. The normalized spacial score (nSPS) is 30.3. The zero-order valence-corrected chi connectivity index (χ0v) is 15.2. The molecule has 1 heterocycles. The molecule has 0 amide bonds. The first-order valence-electron chi connectivity index (χ1n) is 9.00. The second-order valence-electron chi connectivity index (χ2n) is 8.42. The number of rotatable bonds is 3. The molecule has 3 nitrogen and oxygen atoms in total. The lowest BCUT2D eigenvalue weighted by Gasteiger charge is -2.47. The lowest BCUT2D eigenvalue weighted by molar-refractivity contribution is 0.0245. The SMILES string of the molecule is CC(C)N1CCN([C@H]2CCC[C@H](N(C)C(C)(C)C)C2)CC1. The molecule has 21 heavy (non-hydrogen) atoms. The van der Waals surface area contributed by atoms with E-state index in [1.165, 1.54) is 51.9 Å². The first-order chi connectivity index (χ1) is 9.79. The van der Waals surface area contributed by atoms with E-state index in [2.05, 4.69) is 56.4 Å². The van der Waals surface area contributed by atoms with Gasteiger partial charge in [0.25, 0.3) is 0 Å². The second-order valence-corrected chi connectivity index (χ2v) is 8.42. The molecule has 0 unspecified atom stereocenters. The van der Waals surface area contributed by atoms with E-state index >= 15 is 0 Å². The zero-order valence-electron chi connectivity index (χ0n) is 15.2. The van der Waals surface area contributed by atoms with Crippen molar-refractivity contribution in [2.24, 2.45) is 0 Å². The monoisotopic (exact) mass is 295 g/mol. The molecule has 1 aliphatic carbocycles. The maximum Gasteiger partial charge on any atom is 0.0124 e. The smallest absolute Gasteiger partial charge is 0.0124 e. The molecule has 2 atom stereocenters. The van der Waals surface area contributed by atoms with Crippen molar-refractivity contribution in [1.82, 2.24) is 14.7 Å². The van der Waals surface area contributed by atoms with Gasteiger partial charge in [-0.15, -0.1) is 0 Å². The van der Waals surface area contributed by atoms with Crippen LogP contribution in [-0.4, -0.2) is 71.6 Å². The molecule has 0 spiro atoms. The highest BCUT2D eigenvalue weighted by molar-refractivity contribution is 4.90. The third-order valence-corrected chi connectivity index (χ3v) is 5.82. The van der Waals surface area contributed by atoms with Crippen molar-refractivity contribution in [3.8, 4) is 0 Å². The average molecular weight is 296 g/mol. The minimum absolute atomic E-state index is 0.295. The van der Waals surface area contributed by atoms with E-state index in [0.717, 1.165) is 12.1 Å². The van der Waals surface area contributed by atoms with Crippen LogP contribution in [0.5, 0.6) is 0 Å². The summed E-state index contributed by atoms with van der Waals surface area (Å²) in [4.78, 5) is 8.02. The molecule has 2 aliphatic rings. The van der Waals surface area contributed by atoms with Crippen LogP contribution in [0.3, 0.4) is 0 Å². The molecule has 2 fully saturated rings. The molecule has 1 saturated carbocycles. The lowest BCUT2D eigenvalue weighted by Crippen LogP contribution is -2.55. The first-order valence-corrected chi connectivity index (χ1v) is 9.00. The van der Waals surface area contributed by atoms with Crippen LogP contribution in [-0.2, 0) is 0 Å². The Hall–Kier alpha value is -0.120. The first kappa shape index (κ1) is 17.2. The molecule has 124 valence electrons. The fourth-order valence-corrected chi connectivity index (χ4v) is 3.99. The molecule has 2 rings (SSSR count). The minimum atomic E-state index is 0.295. The summed E-state index contributed by atoms with van der Waals surface area (Å²) in [6.45, 7) is 16.7. The molecular formula is C18H37N3. The summed E-state index contributed by atoms with van der Waals surface area (Å²) in [5, 5.41) is 0. The molecule has 1 saturated heterocycles. The van der Waals surface area contributed by atoms with Crippen molar-refractivity contribution >= 4 is 0 Å². The van der Waals surface area contributed by atoms with Gasteiger partial charge in [0.1, 0.15) is 0 Å². The number of piperazine rings is 1. The van der Waals surface area contributed by atoms with Crippen LogP contribution in [0.4, 0.5) is 0 Å². The Morgan fingerprint density at radius 3 is 2.14 bits per heavy atom. The van der Waals surface area contributed by atoms with Crippen LogP contribution < -0.4 is 0 Å². The van der Waals surface area contributed by atoms with Crippen LogP contribution >= 0.6 is 0 Å². The fourth-order valence-electron chi connectivity index (χ4n) is 3.99. The van der Waals surface area contributed by atoms with Gasteiger partial charge in [0.05, 0.1) is 0 Å². The Morgan fingerprint density at radius 2 is 1.62 bits per heavy atom.